The summed E-state index contributed by atoms with van der Waals surface area (Å²) in [6, 6.07) is 0. The van der Waals surface area contributed by atoms with Crippen LogP contribution in [-0.2, 0) is 0 Å². The molecule has 0 aliphatic carbocycles. The molecular formula is C7H7F3N4. The topological polar surface area (TPSA) is 49.1 Å². The van der Waals surface area contributed by atoms with Crippen molar-refractivity contribution in [3.05, 3.63) is 0 Å². The van der Waals surface area contributed by atoms with Gasteiger partial charge in [0.1, 0.15) is 12.4 Å². The van der Waals surface area contributed by atoms with Gasteiger partial charge in [-0.3, -0.25) is 9.98 Å². The Labute approximate surface area is 77.6 Å². The molecule has 2 rings (SSSR count). The molecule has 2 heterocycles. The van der Waals surface area contributed by atoms with E-state index in [9.17, 15) is 13.2 Å². The van der Waals surface area contributed by atoms with E-state index in [1.807, 2.05) is 0 Å². The van der Waals surface area contributed by atoms with E-state index < -0.39 is 11.7 Å². The SMILES string of the molecule is CC1(C(F)(F)F)N=CNC2=NCN=C21. The largest absolute Gasteiger partial charge is 0.419 e. The van der Waals surface area contributed by atoms with Crippen LogP contribution in [0.3, 0.4) is 0 Å². The van der Waals surface area contributed by atoms with Crippen LogP contribution >= 0.6 is 0 Å². The first-order valence-corrected chi connectivity index (χ1v) is 3.92. The lowest BCUT2D eigenvalue weighted by Gasteiger charge is -2.31. The molecule has 76 valence electrons. The van der Waals surface area contributed by atoms with Gasteiger partial charge in [0.05, 0.1) is 6.34 Å². The molecule has 1 unspecified atom stereocenters. The number of halogens is 3. The van der Waals surface area contributed by atoms with Gasteiger partial charge in [0.25, 0.3) is 0 Å². The van der Waals surface area contributed by atoms with Gasteiger partial charge in [-0.2, -0.15) is 13.2 Å². The van der Waals surface area contributed by atoms with Crippen molar-refractivity contribution in [2.75, 3.05) is 6.67 Å². The molecule has 1 atom stereocenters. The number of hydrogen-bond acceptors (Lipinski definition) is 4. The standard InChI is InChI=1S/C7H7F3N4/c1-6(7(8,9)10)4-5(12-2-11-4)13-3-14-6/h3H,2H2,1H3,(H,12,13,14). The number of amidine groups is 1. The van der Waals surface area contributed by atoms with Crippen LogP contribution in [0, 0.1) is 0 Å². The van der Waals surface area contributed by atoms with Crippen LogP contribution in [0.15, 0.2) is 15.0 Å². The predicted molar refractivity (Wildman–Crippen MR) is 45.8 cm³/mol. The molecule has 0 aromatic heterocycles. The molecule has 7 heteroatoms. The summed E-state index contributed by atoms with van der Waals surface area (Å²) in [5.41, 5.74) is -2.39. The highest BCUT2D eigenvalue weighted by molar-refractivity contribution is 6.48. The Balaban J connectivity index is 2.50. The Bertz CT molecular complexity index is 354. The van der Waals surface area contributed by atoms with Gasteiger partial charge in [-0.05, 0) is 6.92 Å². The average Bonchev–Trinajstić information content (AvgIpc) is 2.51. The molecule has 0 saturated carbocycles. The fourth-order valence-corrected chi connectivity index (χ4v) is 1.32. The zero-order chi connectivity index (χ0) is 10.4. The number of nitrogens with zero attached hydrogens (tertiary/aromatic N) is 3. The monoisotopic (exact) mass is 204 g/mol. The van der Waals surface area contributed by atoms with Crippen LogP contribution in [-0.4, -0.2) is 36.3 Å². The summed E-state index contributed by atoms with van der Waals surface area (Å²) in [6.07, 6.45) is -3.44. The molecule has 0 radical (unpaired) electrons. The highest BCUT2D eigenvalue weighted by Crippen LogP contribution is 2.36. The molecule has 0 spiro atoms. The Morgan fingerprint density at radius 2 is 2.14 bits per heavy atom. The maximum absolute atomic E-state index is 12.7. The van der Waals surface area contributed by atoms with E-state index in [1.165, 1.54) is 0 Å². The van der Waals surface area contributed by atoms with Gasteiger partial charge in [-0.25, -0.2) is 4.99 Å². The second-order valence-electron chi connectivity index (χ2n) is 3.13. The number of hydrogen-bond donors (Lipinski definition) is 1. The third-order valence-electron chi connectivity index (χ3n) is 2.22. The van der Waals surface area contributed by atoms with Crippen LogP contribution in [0.25, 0.3) is 0 Å². The summed E-state index contributed by atoms with van der Waals surface area (Å²) < 4.78 is 38.1. The first-order chi connectivity index (χ1) is 6.45. The maximum atomic E-state index is 12.7. The summed E-state index contributed by atoms with van der Waals surface area (Å²) in [5.74, 6) is 0.167. The molecule has 0 fully saturated rings. The highest BCUT2D eigenvalue weighted by atomic mass is 19.4. The van der Waals surface area contributed by atoms with Crippen molar-refractivity contribution in [3.63, 3.8) is 0 Å². The van der Waals surface area contributed by atoms with E-state index in [1.54, 1.807) is 0 Å². The van der Waals surface area contributed by atoms with Crippen molar-refractivity contribution in [2.24, 2.45) is 15.0 Å². The van der Waals surface area contributed by atoms with E-state index in [4.69, 9.17) is 0 Å². The molecule has 0 aromatic carbocycles. The average molecular weight is 204 g/mol. The zero-order valence-electron chi connectivity index (χ0n) is 7.26. The number of alkyl halides is 3. The Hall–Kier alpha value is -1.40. The molecular weight excluding hydrogens is 197 g/mol. The van der Waals surface area contributed by atoms with Gasteiger partial charge >= 0.3 is 6.18 Å². The second-order valence-corrected chi connectivity index (χ2v) is 3.13. The molecule has 0 aromatic rings. The van der Waals surface area contributed by atoms with Gasteiger partial charge in [0, 0.05) is 0 Å². The fraction of sp³-hybridized carbons (Fsp3) is 0.571. The lowest BCUT2D eigenvalue weighted by Crippen LogP contribution is -2.56. The van der Waals surface area contributed by atoms with Crippen LogP contribution in [0.4, 0.5) is 13.2 Å². The van der Waals surface area contributed by atoms with Crippen molar-refractivity contribution in [2.45, 2.75) is 18.6 Å². The summed E-state index contributed by atoms with van der Waals surface area (Å²) in [6.45, 7) is 1.02. The smallest absolute Gasteiger partial charge is 0.330 e. The van der Waals surface area contributed by atoms with Gasteiger partial charge in [0.2, 0.25) is 0 Å². The van der Waals surface area contributed by atoms with E-state index >= 15 is 0 Å². The quantitative estimate of drug-likeness (QED) is 0.621. The first-order valence-electron chi connectivity index (χ1n) is 3.92. The van der Waals surface area contributed by atoms with Crippen molar-refractivity contribution in [1.29, 1.82) is 0 Å². The minimum absolute atomic E-state index is 0.0344. The highest BCUT2D eigenvalue weighted by Gasteiger charge is 2.57. The van der Waals surface area contributed by atoms with E-state index in [0.717, 1.165) is 13.3 Å². The predicted octanol–water partition coefficient (Wildman–Crippen LogP) is 0.750. The van der Waals surface area contributed by atoms with Crippen LogP contribution in [0.5, 0.6) is 0 Å². The number of rotatable bonds is 0. The summed E-state index contributed by atoms with van der Waals surface area (Å²) in [4.78, 5) is 10.9. The third-order valence-corrected chi connectivity index (χ3v) is 2.22. The van der Waals surface area contributed by atoms with Crippen molar-refractivity contribution < 1.29 is 13.2 Å². The number of fused-ring (bicyclic) bond motifs is 1. The van der Waals surface area contributed by atoms with Gasteiger partial charge < -0.3 is 5.32 Å². The van der Waals surface area contributed by atoms with E-state index in [2.05, 4.69) is 20.3 Å². The van der Waals surface area contributed by atoms with E-state index in [-0.39, 0.29) is 18.2 Å². The minimum Gasteiger partial charge on any atom is -0.330 e. The molecule has 4 nitrogen and oxygen atoms in total. The lowest BCUT2D eigenvalue weighted by molar-refractivity contribution is -0.159. The van der Waals surface area contributed by atoms with Crippen LogP contribution in [0.2, 0.25) is 0 Å². The normalized spacial score (nSPS) is 30.6. The molecule has 0 amide bonds. The third kappa shape index (κ3) is 1.04. The number of nitrogens with one attached hydrogen (secondary N) is 1. The summed E-state index contributed by atoms with van der Waals surface area (Å²) in [7, 11) is 0. The van der Waals surface area contributed by atoms with Crippen molar-refractivity contribution in [3.8, 4) is 0 Å². The molecule has 2 aliphatic rings. The minimum atomic E-state index is -4.45. The van der Waals surface area contributed by atoms with Crippen molar-refractivity contribution in [1.82, 2.24) is 5.32 Å². The molecule has 2 aliphatic heterocycles. The molecule has 0 saturated heterocycles. The lowest BCUT2D eigenvalue weighted by atomic mass is 9.93. The van der Waals surface area contributed by atoms with Gasteiger partial charge in [0.15, 0.2) is 11.4 Å². The first kappa shape index (κ1) is 9.17. The molecule has 0 bridgehead atoms. The van der Waals surface area contributed by atoms with Crippen LogP contribution < -0.4 is 5.32 Å². The zero-order valence-corrected chi connectivity index (χ0v) is 7.26. The Morgan fingerprint density at radius 1 is 1.43 bits per heavy atom. The van der Waals surface area contributed by atoms with Crippen LogP contribution in [0.1, 0.15) is 6.92 Å². The summed E-state index contributed by atoms with van der Waals surface area (Å²) >= 11 is 0. The summed E-state index contributed by atoms with van der Waals surface area (Å²) in [5, 5.41) is 2.54. The number of aliphatic imine (C=N–C) groups is 3. The van der Waals surface area contributed by atoms with E-state index in [0.29, 0.717) is 0 Å². The maximum Gasteiger partial charge on any atom is 0.419 e. The molecule has 14 heavy (non-hydrogen) atoms. The molecule has 1 N–H and O–H groups in total. The second kappa shape index (κ2) is 2.55. The van der Waals surface area contributed by atoms with Gasteiger partial charge in [-0.1, -0.05) is 0 Å². The van der Waals surface area contributed by atoms with Crippen molar-refractivity contribution >= 4 is 17.9 Å². The van der Waals surface area contributed by atoms with Gasteiger partial charge in [-0.15, -0.1) is 0 Å². The fourth-order valence-electron chi connectivity index (χ4n) is 1.32. The Kier molecular flexibility index (Phi) is 1.67. The Morgan fingerprint density at radius 3 is 2.79 bits per heavy atom.